The first-order valence-electron chi connectivity index (χ1n) is 8.57. The molecular formula is C22H18N4O2. The quantitative estimate of drug-likeness (QED) is 0.882. The van der Waals surface area contributed by atoms with E-state index in [1.165, 1.54) is 0 Å². The van der Waals surface area contributed by atoms with Gasteiger partial charge in [0.2, 0.25) is 0 Å². The zero-order chi connectivity index (χ0) is 20.3. The molecule has 0 saturated carbocycles. The second kappa shape index (κ2) is 7.35. The van der Waals surface area contributed by atoms with E-state index in [0.717, 1.165) is 11.1 Å². The van der Waals surface area contributed by atoms with Crippen molar-refractivity contribution in [2.24, 2.45) is 11.1 Å². The number of nitrogens with two attached hydrogens (primary N) is 1. The van der Waals surface area contributed by atoms with Gasteiger partial charge < -0.3 is 15.2 Å². The van der Waals surface area contributed by atoms with Gasteiger partial charge in [0.15, 0.2) is 5.41 Å². The number of ether oxygens (including phenoxy) is 2. The molecule has 0 saturated heterocycles. The molecule has 2 N–H and O–H groups in total. The Labute approximate surface area is 163 Å². The van der Waals surface area contributed by atoms with Crippen molar-refractivity contribution in [3.05, 3.63) is 70.9 Å². The summed E-state index contributed by atoms with van der Waals surface area (Å²) < 4.78 is 10.4. The predicted molar refractivity (Wildman–Crippen MR) is 102 cm³/mol. The molecule has 0 amide bonds. The van der Waals surface area contributed by atoms with Crippen LogP contribution in [0.25, 0.3) is 0 Å². The Morgan fingerprint density at radius 2 is 1.29 bits per heavy atom. The molecule has 2 aromatic carbocycles. The molecule has 0 bridgehead atoms. The molecule has 28 heavy (non-hydrogen) atoms. The maximum atomic E-state index is 9.94. The van der Waals surface area contributed by atoms with Crippen LogP contribution in [0.5, 0.6) is 11.5 Å². The number of hydrogen-bond donors (Lipinski definition) is 1. The molecule has 0 radical (unpaired) electrons. The van der Waals surface area contributed by atoms with Crippen molar-refractivity contribution < 1.29 is 9.47 Å². The molecule has 1 aliphatic rings. The summed E-state index contributed by atoms with van der Waals surface area (Å²) in [6.07, 6.45) is 0. The van der Waals surface area contributed by atoms with E-state index in [4.69, 9.17) is 15.2 Å². The van der Waals surface area contributed by atoms with Crippen LogP contribution in [-0.2, 0) is 0 Å². The van der Waals surface area contributed by atoms with Crippen LogP contribution in [0.4, 0.5) is 0 Å². The van der Waals surface area contributed by atoms with Crippen molar-refractivity contribution in [3.63, 3.8) is 0 Å². The molecule has 0 heterocycles. The first-order valence-corrected chi connectivity index (χ1v) is 8.57. The van der Waals surface area contributed by atoms with E-state index in [9.17, 15) is 15.8 Å². The number of allylic oxidation sites excluding steroid dienone is 2. The van der Waals surface area contributed by atoms with E-state index in [1.807, 2.05) is 12.1 Å². The predicted octanol–water partition coefficient (Wildman–Crippen LogP) is 3.35. The van der Waals surface area contributed by atoms with Crippen molar-refractivity contribution >= 4 is 0 Å². The van der Waals surface area contributed by atoms with E-state index in [-0.39, 0.29) is 11.3 Å². The molecule has 6 heteroatoms. The minimum absolute atomic E-state index is 0.0154. The Bertz CT molecular complexity index is 1020. The van der Waals surface area contributed by atoms with Crippen molar-refractivity contribution in [1.29, 1.82) is 15.8 Å². The van der Waals surface area contributed by atoms with Gasteiger partial charge in [-0.2, -0.15) is 15.8 Å². The number of nitrogens with zero attached hydrogens (tertiary/aromatic N) is 3. The van der Waals surface area contributed by atoms with Crippen LogP contribution in [0.3, 0.4) is 0 Å². The first kappa shape index (κ1) is 18.8. The summed E-state index contributed by atoms with van der Waals surface area (Å²) in [4.78, 5) is 0. The lowest BCUT2D eigenvalue weighted by Gasteiger charge is -2.28. The molecule has 3 rings (SSSR count). The van der Waals surface area contributed by atoms with Crippen molar-refractivity contribution in [2.75, 3.05) is 14.2 Å². The van der Waals surface area contributed by atoms with Crippen LogP contribution in [0, 0.1) is 39.4 Å². The fourth-order valence-electron chi connectivity index (χ4n) is 3.80. The number of benzene rings is 2. The summed E-state index contributed by atoms with van der Waals surface area (Å²) in [5.41, 5.74) is 6.37. The van der Waals surface area contributed by atoms with E-state index in [0.29, 0.717) is 11.5 Å². The minimum atomic E-state index is -1.63. The van der Waals surface area contributed by atoms with Crippen molar-refractivity contribution in [1.82, 2.24) is 0 Å². The minimum Gasteiger partial charge on any atom is -0.497 e. The normalized spacial score (nSPS) is 20.0. The van der Waals surface area contributed by atoms with Crippen molar-refractivity contribution in [3.8, 4) is 29.7 Å². The number of methoxy groups -OCH3 is 2. The lowest BCUT2D eigenvalue weighted by atomic mass is 9.69. The zero-order valence-electron chi connectivity index (χ0n) is 15.5. The third kappa shape index (κ3) is 2.71. The summed E-state index contributed by atoms with van der Waals surface area (Å²) in [5.74, 6) is 0.175. The van der Waals surface area contributed by atoms with Gasteiger partial charge >= 0.3 is 0 Å². The molecule has 6 nitrogen and oxygen atoms in total. The molecule has 1 aliphatic carbocycles. The molecule has 0 aromatic heterocycles. The topological polar surface area (TPSA) is 116 Å². The lowest BCUT2D eigenvalue weighted by Crippen LogP contribution is -2.29. The highest BCUT2D eigenvalue weighted by Crippen LogP contribution is 2.57. The van der Waals surface area contributed by atoms with Crippen LogP contribution in [-0.4, -0.2) is 14.2 Å². The largest absolute Gasteiger partial charge is 0.497 e. The van der Waals surface area contributed by atoms with E-state index in [1.54, 1.807) is 50.6 Å². The van der Waals surface area contributed by atoms with Gasteiger partial charge in [0, 0.05) is 11.8 Å². The Hall–Kier alpha value is -3.95. The maximum absolute atomic E-state index is 9.94. The van der Waals surface area contributed by atoms with Crippen LogP contribution >= 0.6 is 0 Å². The number of nitriles is 3. The maximum Gasteiger partial charge on any atom is 0.191 e. The van der Waals surface area contributed by atoms with Gasteiger partial charge in [-0.05, 0) is 35.4 Å². The highest BCUT2D eigenvalue weighted by Gasteiger charge is 2.56. The zero-order valence-corrected chi connectivity index (χ0v) is 15.5. The van der Waals surface area contributed by atoms with E-state index >= 15 is 0 Å². The van der Waals surface area contributed by atoms with Gasteiger partial charge in [0.1, 0.15) is 11.5 Å². The highest BCUT2D eigenvalue weighted by atomic mass is 16.5. The highest BCUT2D eigenvalue weighted by molar-refractivity contribution is 5.59. The Kier molecular flexibility index (Phi) is 4.94. The average molecular weight is 370 g/mol. The molecule has 2 aromatic rings. The summed E-state index contributed by atoms with van der Waals surface area (Å²) in [7, 11) is 3.13. The second-order valence-electron chi connectivity index (χ2n) is 6.47. The summed E-state index contributed by atoms with van der Waals surface area (Å²) in [6, 6.07) is 20.7. The Morgan fingerprint density at radius 1 is 0.821 bits per heavy atom. The van der Waals surface area contributed by atoms with Crippen LogP contribution in [0.1, 0.15) is 23.0 Å². The van der Waals surface area contributed by atoms with Gasteiger partial charge in [0.25, 0.3) is 0 Å². The molecule has 0 aliphatic heterocycles. The fraction of sp³-hybridized carbons (Fsp3) is 0.227. The van der Waals surface area contributed by atoms with E-state index < -0.39 is 17.3 Å². The molecule has 0 spiro atoms. The fourth-order valence-corrected chi connectivity index (χ4v) is 3.80. The monoisotopic (exact) mass is 370 g/mol. The van der Waals surface area contributed by atoms with Crippen LogP contribution < -0.4 is 15.2 Å². The van der Waals surface area contributed by atoms with Gasteiger partial charge in [-0.25, -0.2) is 0 Å². The standard InChI is InChI=1S/C22H18N4O2/c1-27-16-7-3-14(4-8-16)19-18(11-23)21(26)22(12-24,13-25)20(19)15-5-9-17(28-2)10-6-15/h3-10,19-20H,26H2,1-2H3/t19-,20+/m1/s1. The molecule has 138 valence electrons. The van der Waals surface area contributed by atoms with Gasteiger partial charge in [-0.1, -0.05) is 24.3 Å². The SMILES string of the molecule is COc1ccc([C@@H]2C(C#N)=C(N)C(C#N)(C#N)[C@H]2c2ccc(OC)cc2)cc1. The Balaban J connectivity index is 2.24. The van der Waals surface area contributed by atoms with Crippen molar-refractivity contribution in [2.45, 2.75) is 11.8 Å². The van der Waals surface area contributed by atoms with Gasteiger partial charge in [0.05, 0.1) is 43.7 Å². The Morgan fingerprint density at radius 3 is 1.68 bits per heavy atom. The summed E-state index contributed by atoms with van der Waals surface area (Å²) >= 11 is 0. The van der Waals surface area contributed by atoms with Gasteiger partial charge in [-0.15, -0.1) is 0 Å². The first-order chi connectivity index (χ1) is 13.6. The summed E-state index contributed by atoms with van der Waals surface area (Å²) in [5, 5.41) is 29.7. The van der Waals surface area contributed by atoms with Crippen LogP contribution in [0.2, 0.25) is 0 Å². The molecular weight excluding hydrogens is 352 g/mol. The molecule has 0 fully saturated rings. The molecule has 0 unspecified atom stereocenters. The third-order valence-corrected chi connectivity index (χ3v) is 5.25. The van der Waals surface area contributed by atoms with Crippen LogP contribution in [0.15, 0.2) is 59.8 Å². The average Bonchev–Trinajstić information content (AvgIpc) is 3.01. The molecule has 2 atom stereocenters. The lowest BCUT2D eigenvalue weighted by molar-refractivity contribution is 0.413. The number of hydrogen-bond acceptors (Lipinski definition) is 6. The number of rotatable bonds is 4. The second-order valence-corrected chi connectivity index (χ2v) is 6.47. The third-order valence-electron chi connectivity index (χ3n) is 5.25. The van der Waals surface area contributed by atoms with Gasteiger partial charge in [-0.3, -0.25) is 0 Å². The summed E-state index contributed by atoms with van der Waals surface area (Å²) in [6.45, 7) is 0. The van der Waals surface area contributed by atoms with E-state index in [2.05, 4.69) is 18.2 Å². The smallest absolute Gasteiger partial charge is 0.191 e.